The first kappa shape index (κ1) is 14.4. The number of rotatable bonds is 5. The maximum absolute atomic E-state index is 12.1. The average molecular weight is 281 g/mol. The van der Waals surface area contributed by atoms with Gasteiger partial charge in [-0.1, -0.05) is 31.9 Å². The molecule has 1 aromatic carbocycles. The quantitative estimate of drug-likeness (QED) is 0.899. The Morgan fingerprint density at radius 3 is 2.53 bits per heavy atom. The van der Waals surface area contributed by atoms with Crippen molar-refractivity contribution in [3.8, 4) is 0 Å². The third-order valence-electron chi connectivity index (χ3n) is 4.09. The number of nitrogens with one attached hydrogen (secondary N) is 1. The van der Waals surface area contributed by atoms with Gasteiger partial charge in [0.15, 0.2) is 9.84 Å². The number of anilines is 1. The van der Waals surface area contributed by atoms with Gasteiger partial charge >= 0.3 is 0 Å². The molecule has 0 heterocycles. The third-order valence-corrected chi connectivity index (χ3v) is 5.88. The lowest BCUT2D eigenvalue weighted by Gasteiger charge is -2.23. The highest BCUT2D eigenvalue weighted by Gasteiger charge is 2.23. The minimum Gasteiger partial charge on any atom is -0.381 e. The zero-order valence-corrected chi connectivity index (χ0v) is 12.5. The number of benzene rings is 1. The van der Waals surface area contributed by atoms with Crippen LogP contribution in [0.5, 0.6) is 0 Å². The van der Waals surface area contributed by atoms with Crippen LogP contribution in [0.4, 0.5) is 5.69 Å². The highest BCUT2D eigenvalue weighted by Crippen LogP contribution is 2.31. The smallest absolute Gasteiger partial charge is 0.180 e. The van der Waals surface area contributed by atoms with Crippen molar-refractivity contribution in [1.29, 1.82) is 0 Å². The van der Waals surface area contributed by atoms with Gasteiger partial charge in [-0.2, -0.15) is 0 Å². The van der Waals surface area contributed by atoms with E-state index in [1.165, 1.54) is 25.7 Å². The summed E-state index contributed by atoms with van der Waals surface area (Å²) in [6.45, 7) is 3.85. The van der Waals surface area contributed by atoms with Gasteiger partial charge in [0, 0.05) is 6.04 Å². The van der Waals surface area contributed by atoms with Crippen molar-refractivity contribution >= 4 is 15.5 Å². The molecule has 1 fully saturated rings. The predicted octanol–water partition coefficient (Wildman–Crippen LogP) is 3.47. The van der Waals surface area contributed by atoms with E-state index in [0.29, 0.717) is 16.9 Å². The van der Waals surface area contributed by atoms with Crippen molar-refractivity contribution < 1.29 is 8.42 Å². The molecule has 0 saturated heterocycles. The Bertz CT molecular complexity index is 519. The van der Waals surface area contributed by atoms with Gasteiger partial charge in [-0.15, -0.1) is 0 Å². The second-order valence-corrected chi connectivity index (χ2v) is 7.62. The lowest BCUT2D eigenvalue weighted by molar-refractivity contribution is 0.481. The van der Waals surface area contributed by atoms with Crippen LogP contribution in [-0.4, -0.2) is 20.2 Å². The summed E-state index contributed by atoms with van der Waals surface area (Å²) in [5.74, 6) is 0.807. The molecule has 0 amide bonds. The molecule has 1 N–H and O–H groups in total. The molecule has 1 atom stereocenters. The molecule has 1 saturated carbocycles. The maximum Gasteiger partial charge on any atom is 0.180 e. The summed E-state index contributed by atoms with van der Waals surface area (Å²) in [6, 6.07) is 7.57. The molecule has 1 aliphatic carbocycles. The van der Waals surface area contributed by atoms with Gasteiger partial charge in [0.05, 0.1) is 16.3 Å². The van der Waals surface area contributed by atoms with Crippen LogP contribution >= 0.6 is 0 Å². The maximum atomic E-state index is 12.1. The van der Waals surface area contributed by atoms with Crippen molar-refractivity contribution in [2.75, 3.05) is 11.1 Å². The molecular formula is C15H23NO2S. The summed E-state index contributed by atoms with van der Waals surface area (Å²) in [4.78, 5) is 0.433. The Labute approximate surface area is 116 Å². The predicted molar refractivity (Wildman–Crippen MR) is 79.2 cm³/mol. The van der Waals surface area contributed by atoms with Crippen molar-refractivity contribution in [2.45, 2.75) is 50.5 Å². The van der Waals surface area contributed by atoms with Crippen molar-refractivity contribution in [2.24, 2.45) is 5.92 Å². The minimum atomic E-state index is -3.16. The van der Waals surface area contributed by atoms with Crippen LogP contribution in [0, 0.1) is 5.92 Å². The molecule has 19 heavy (non-hydrogen) atoms. The molecule has 0 aromatic heterocycles. The molecule has 1 aliphatic rings. The Morgan fingerprint density at radius 2 is 1.89 bits per heavy atom. The number of para-hydroxylation sites is 1. The highest BCUT2D eigenvalue weighted by molar-refractivity contribution is 7.91. The van der Waals surface area contributed by atoms with Crippen LogP contribution in [0.1, 0.15) is 39.5 Å². The molecule has 4 heteroatoms. The molecule has 0 aliphatic heterocycles. The first-order valence-electron chi connectivity index (χ1n) is 7.13. The van der Waals surface area contributed by atoms with Crippen LogP contribution in [0.2, 0.25) is 0 Å². The van der Waals surface area contributed by atoms with E-state index in [4.69, 9.17) is 0 Å². The summed E-state index contributed by atoms with van der Waals surface area (Å²) in [7, 11) is -3.16. The minimum absolute atomic E-state index is 0.142. The van der Waals surface area contributed by atoms with Gasteiger partial charge in [0.25, 0.3) is 0 Å². The molecule has 0 radical (unpaired) electrons. The summed E-state index contributed by atoms with van der Waals surface area (Å²) in [6.07, 6.45) is 5.09. The van der Waals surface area contributed by atoms with Crippen LogP contribution in [0.3, 0.4) is 0 Å². The van der Waals surface area contributed by atoms with E-state index in [1.54, 1.807) is 19.1 Å². The van der Waals surface area contributed by atoms with E-state index < -0.39 is 9.84 Å². The lowest BCUT2D eigenvalue weighted by atomic mass is 9.99. The van der Waals surface area contributed by atoms with Crippen molar-refractivity contribution in [3.05, 3.63) is 24.3 Å². The molecule has 3 nitrogen and oxygen atoms in total. The standard InChI is InChI=1S/C15H23NO2S/c1-3-19(17,18)15-11-7-6-10-14(15)16-12(2)13-8-4-5-9-13/h6-7,10-13,16H,3-5,8-9H2,1-2H3. The second kappa shape index (κ2) is 5.95. The van der Waals surface area contributed by atoms with E-state index in [9.17, 15) is 8.42 Å². The van der Waals surface area contributed by atoms with Gasteiger partial charge in [-0.05, 0) is 37.8 Å². The van der Waals surface area contributed by atoms with Gasteiger partial charge in [-0.25, -0.2) is 8.42 Å². The Morgan fingerprint density at radius 1 is 1.26 bits per heavy atom. The van der Waals surface area contributed by atoms with E-state index in [1.807, 2.05) is 12.1 Å². The molecule has 1 aromatic rings. The Kier molecular flexibility index (Phi) is 4.50. The first-order chi connectivity index (χ1) is 9.04. The largest absolute Gasteiger partial charge is 0.381 e. The monoisotopic (exact) mass is 281 g/mol. The molecule has 0 spiro atoms. The van der Waals surface area contributed by atoms with E-state index >= 15 is 0 Å². The van der Waals surface area contributed by atoms with Crippen LogP contribution in [0.15, 0.2) is 29.2 Å². The fraction of sp³-hybridized carbons (Fsp3) is 0.600. The number of hydrogen-bond donors (Lipinski definition) is 1. The Balaban J connectivity index is 2.20. The van der Waals surface area contributed by atoms with Crippen LogP contribution in [-0.2, 0) is 9.84 Å². The van der Waals surface area contributed by atoms with Gasteiger partial charge in [0.1, 0.15) is 0 Å². The zero-order valence-electron chi connectivity index (χ0n) is 11.7. The van der Waals surface area contributed by atoms with Gasteiger partial charge < -0.3 is 5.32 Å². The molecule has 0 bridgehead atoms. The summed E-state index contributed by atoms with van der Waals surface area (Å²) < 4.78 is 24.2. The summed E-state index contributed by atoms with van der Waals surface area (Å²) in [5, 5.41) is 3.41. The fourth-order valence-corrected chi connectivity index (χ4v) is 3.89. The van der Waals surface area contributed by atoms with E-state index in [2.05, 4.69) is 12.2 Å². The van der Waals surface area contributed by atoms with Crippen molar-refractivity contribution in [3.63, 3.8) is 0 Å². The fourth-order valence-electron chi connectivity index (χ4n) is 2.83. The Hall–Kier alpha value is -1.03. The van der Waals surface area contributed by atoms with Crippen molar-refractivity contribution in [1.82, 2.24) is 0 Å². The molecule has 1 unspecified atom stereocenters. The topological polar surface area (TPSA) is 46.2 Å². The van der Waals surface area contributed by atoms with Gasteiger partial charge in [-0.3, -0.25) is 0 Å². The van der Waals surface area contributed by atoms with E-state index in [-0.39, 0.29) is 5.75 Å². The molecule has 2 rings (SSSR count). The molecule has 106 valence electrons. The normalized spacial score (nSPS) is 18.4. The van der Waals surface area contributed by atoms with E-state index in [0.717, 1.165) is 5.69 Å². The van der Waals surface area contributed by atoms with Gasteiger partial charge in [0.2, 0.25) is 0 Å². The SMILES string of the molecule is CCS(=O)(=O)c1ccccc1NC(C)C1CCCC1. The summed E-state index contributed by atoms with van der Waals surface area (Å²) >= 11 is 0. The van der Waals surface area contributed by atoms with Crippen LogP contribution < -0.4 is 5.32 Å². The lowest BCUT2D eigenvalue weighted by Crippen LogP contribution is -2.25. The summed E-state index contributed by atoms with van der Waals surface area (Å²) in [5.41, 5.74) is 0.753. The number of sulfone groups is 1. The second-order valence-electron chi connectivity index (χ2n) is 5.38. The average Bonchev–Trinajstić information content (AvgIpc) is 2.93. The van der Waals surface area contributed by atoms with Crippen LogP contribution in [0.25, 0.3) is 0 Å². The third kappa shape index (κ3) is 3.30. The number of hydrogen-bond acceptors (Lipinski definition) is 3. The first-order valence-corrected chi connectivity index (χ1v) is 8.78. The molecular weight excluding hydrogens is 258 g/mol. The zero-order chi connectivity index (χ0) is 13.9. The highest BCUT2D eigenvalue weighted by atomic mass is 32.2.